The van der Waals surface area contributed by atoms with Crippen LogP contribution < -0.4 is 5.32 Å². The zero-order valence-electron chi connectivity index (χ0n) is 13.1. The van der Waals surface area contributed by atoms with Crippen LogP contribution >= 0.6 is 0 Å². The monoisotopic (exact) mass is 291 g/mol. The molecule has 2 saturated heterocycles. The highest BCUT2D eigenvalue weighted by molar-refractivity contribution is 5.75. The van der Waals surface area contributed by atoms with Crippen LogP contribution in [0.1, 0.15) is 32.3 Å². The Kier molecular flexibility index (Phi) is 3.89. The minimum absolute atomic E-state index is 0.0979. The highest BCUT2D eigenvalue weighted by Crippen LogP contribution is 2.32. The molecule has 0 saturated carbocycles. The second-order valence-corrected chi connectivity index (χ2v) is 6.50. The second kappa shape index (κ2) is 5.67. The molecule has 2 aliphatic heterocycles. The van der Waals surface area contributed by atoms with E-state index >= 15 is 0 Å². The number of nitrogens with zero attached hydrogens (tertiary/aromatic N) is 4. The van der Waals surface area contributed by atoms with E-state index in [-0.39, 0.29) is 12.1 Å². The summed E-state index contributed by atoms with van der Waals surface area (Å²) in [7, 11) is 1.95. The lowest BCUT2D eigenvalue weighted by atomic mass is 10.1. The van der Waals surface area contributed by atoms with Gasteiger partial charge in [0.2, 0.25) is 0 Å². The quantitative estimate of drug-likeness (QED) is 0.910. The number of urea groups is 1. The summed E-state index contributed by atoms with van der Waals surface area (Å²) in [6.45, 7) is 6.89. The summed E-state index contributed by atoms with van der Waals surface area (Å²) >= 11 is 0. The molecule has 0 spiro atoms. The van der Waals surface area contributed by atoms with E-state index in [4.69, 9.17) is 0 Å². The Morgan fingerprint density at radius 1 is 1.38 bits per heavy atom. The maximum atomic E-state index is 12.2. The fraction of sp³-hybridized carbons (Fsp3) is 0.733. The highest BCUT2D eigenvalue weighted by Gasteiger charge is 2.44. The Hall–Kier alpha value is -1.56. The normalized spacial score (nSPS) is 25.6. The molecule has 2 fully saturated rings. The van der Waals surface area contributed by atoms with Crippen LogP contribution in [0.5, 0.6) is 0 Å². The van der Waals surface area contributed by atoms with Gasteiger partial charge in [-0.25, -0.2) is 4.79 Å². The van der Waals surface area contributed by atoms with E-state index in [1.54, 1.807) is 0 Å². The number of amides is 2. The molecule has 3 rings (SSSR count). The lowest BCUT2D eigenvalue weighted by molar-refractivity contribution is 0.185. The van der Waals surface area contributed by atoms with Crippen molar-refractivity contribution in [3.8, 4) is 0 Å². The largest absolute Gasteiger partial charge is 0.336 e. The van der Waals surface area contributed by atoms with Crippen LogP contribution in [0.3, 0.4) is 0 Å². The maximum absolute atomic E-state index is 12.2. The minimum atomic E-state index is 0.0979. The van der Waals surface area contributed by atoms with E-state index in [0.717, 1.165) is 32.5 Å². The highest BCUT2D eigenvalue weighted by atomic mass is 16.2. The number of hydrogen-bond donors (Lipinski definition) is 1. The molecule has 6 nitrogen and oxygen atoms in total. The predicted molar refractivity (Wildman–Crippen MR) is 80.8 cm³/mol. The summed E-state index contributed by atoms with van der Waals surface area (Å²) in [5.74, 6) is 0. The van der Waals surface area contributed by atoms with Gasteiger partial charge in [0.15, 0.2) is 0 Å². The van der Waals surface area contributed by atoms with Crippen LogP contribution in [0.15, 0.2) is 12.4 Å². The Bertz CT molecular complexity index is 512. The maximum Gasteiger partial charge on any atom is 0.317 e. The number of carbonyl (C=O) groups excluding carboxylic acids is 1. The lowest BCUT2D eigenvalue weighted by Gasteiger charge is -2.26. The first-order valence-corrected chi connectivity index (χ1v) is 7.83. The van der Waals surface area contributed by atoms with Gasteiger partial charge < -0.3 is 10.2 Å². The van der Waals surface area contributed by atoms with Gasteiger partial charge in [0.25, 0.3) is 0 Å². The number of fused-ring (bicyclic) bond motifs is 1. The number of hydrogen-bond acceptors (Lipinski definition) is 3. The first-order valence-electron chi connectivity index (χ1n) is 7.83. The van der Waals surface area contributed by atoms with Gasteiger partial charge in [-0.05, 0) is 26.7 Å². The first-order chi connectivity index (χ1) is 10.0. The number of carbonyl (C=O) groups is 1. The third-order valence-electron chi connectivity index (χ3n) is 4.51. The average Bonchev–Trinajstić information content (AvgIpc) is 3.07. The van der Waals surface area contributed by atoms with Gasteiger partial charge >= 0.3 is 6.03 Å². The van der Waals surface area contributed by atoms with Gasteiger partial charge in [-0.15, -0.1) is 0 Å². The van der Waals surface area contributed by atoms with E-state index < -0.39 is 0 Å². The summed E-state index contributed by atoms with van der Waals surface area (Å²) in [5.41, 5.74) is 1.25. The number of aryl methyl sites for hydroxylation is 1. The zero-order valence-corrected chi connectivity index (χ0v) is 13.1. The minimum Gasteiger partial charge on any atom is -0.336 e. The Morgan fingerprint density at radius 3 is 2.81 bits per heavy atom. The van der Waals surface area contributed by atoms with Gasteiger partial charge in [0.05, 0.1) is 12.2 Å². The summed E-state index contributed by atoms with van der Waals surface area (Å²) < 4.78 is 1.85. The summed E-state index contributed by atoms with van der Waals surface area (Å²) in [4.78, 5) is 16.8. The van der Waals surface area contributed by atoms with E-state index in [9.17, 15) is 4.79 Å². The lowest BCUT2D eigenvalue weighted by Crippen LogP contribution is -2.46. The standard InChI is InChI=1S/C15H25N5O/c1-11(2)17-15(21)20-7-5-13-14(20)4-6-19(13)10-12-8-16-18(3)9-12/h8-9,11,13-14H,4-7,10H2,1-3H3,(H,17,21)/t13-,14-/m0/s1. The van der Waals surface area contributed by atoms with Crippen molar-refractivity contribution in [2.24, 2.45) is 7.05 Å². The molecule has 3 heterocycles. The molecule has 2 amide bonds. The number of rotatable bonds is 3. The fourth-order valence-electron chi connectivity index (χ4n) is 3.64. The number of nitrogens with one attached hydrogen (secondary N) is 1. The molecule has 0 bridgehead atoms. The molecular formula is C15H25N5O. The van der Waals surface area contributed by atoms with Crippen molar-refractivity contribution in [2.45, 2.75) is 51.4 Å². The molecule has 2 aliphatic rings. The molecular weight excluding hydrogens is 266 g/mol. The van der Waals surface area contributed by atoms with Crippen molar-refractivity contribution < 1.29 is 4.79 Å². The van der Waals surface area contributed by atoms with Gasteiger partial charge in [-0.2, -0.15) is 5.10 Å². The average molecular weight is 291 g/mol. The molecule has 116 valence electrons. The number of aromatic nitrogens is 2. The molecule has 6 heteroatoms. The third-order valence-corrected chi connectivity index (χ3v) is 4.51. The number of likely N-dealkylation sites (tertiary alicyclic amines) is 2. The summed E-state index contributed by atoms with van der Waals surface area (Å²) in [5, 5.41) is 7.26. The molecule has 0 aliphatic carbocycles. The zero-order chi connectivity index (χ0) is 15.0. The first kappa shape index (κ1) is 14.4. The van der Waals surface area contributed by atoms with Crippen molar-refractivity contribution in [1.29, 1.82) is 0 Å². The molecule has 0 radical (unpaired) electrons. The van der Waals surface area contributed by atoms with E-state index in [1.807, 2.05) is 36.7 Å². The van der Waals surface area contributed by atoms with Gasteiger partial charge in [0, 0.05) is 50.5 Å². The molecule has 2 atom stereocenters. The van der Waals surface area contributed by atoms with Crippen LogP contribution in [0.4, 0.5) is 4.79 Å². The van der Waals surface area contributed by atoms with Crippen molar-refractivity contribution in [1.82, 2.24) is 24.9 Å². The van der Waals surface area contributed by atoms with Crippen molar-refractivity contribution in [2.75, 3.05) is 13.1 Å². The van der Waals surface area contributed by atoms with E-state index in [2.05, 4.69) is 21.5 Å². The molecule has 1 N–H and O–H groups in total. The van der Waals surface area contributed by atoms with Crippen LogP contribution in [-0.2, 0) is 13.6 Å². The third kappa shape index (κ3) is 2.90. The molecule has 0 aromatic carbocycles. The Labute approximate surface area is 126 Å². The van der Waals surface area contributed by atoms with Crippen LogP contribution in [-0.4, -0.2) is 56.8 Å². The van der Waals surface area contributed by atoms with Crippen molar-refractivity contribution >= 4 is 6.03 Å². The SMILES string of the molecule is CC(C)NC(=O)N1CC[C@H]2[C@@H]1CCN2Cc1cnn(C)c1. The predicted octanol–water partition coefficient (Wildman–Crippen LogP) is 1.19. The molecule has 21 heavy (non-hydrogen) atoms. The van der Waals surface area contributed by atoms with Gasteiger partial charge in [-0.1, -0.05) is 0 Å². The van der Waals surface area contributed by atoms with Gasteiger partial charge in [0.1, 0.15) is 0 Å². The summed E-state index contributed by atoms with van der Waals surface area (Å²) in [6, 6.07) is 1.17. The second-order valence-electron chi connectivity index (χ2n) is 6.50. The fourth-order valence-corrected chi connectivity index (χ4v) is 3.64. The van der Waals surface area contributed by atoms with Crippen LogP contribution in [0.25, 0.3) is 0 Å². The van der Waals surface area contributed by atoms with E-state index in [1.165, 1.54) is 5.56 Å². The van der Waals surface area contributed by atoms with Crippen LogP contribution in [0, 0.1) is 0 Å². The van der Waals surface area contributed by atoms with E-state index in [0.29, 0.717) is 12.1 Å². The topological polar surface area (TPSA) is 53.4 Å². The van der Waals surface area contributed by atoms with Crippen LogP contribution in [0.2, 0.25) is 0 Å². The molecule has 0 unspecified atom stereocenters. The smallest absolute Gasteiger partial charge is 0.317 e. The molecule has 1 aromatic heterocycles. The van der Waals surface area contributed by atoms with Gasteiger partial charge in [-0.3, -0.25) is 9.58 Å². The molecule has 1 aromatic rings. The van der Waals surface area contributed by atoms with Crippen molar-refractivity contribution in [3.05, 3.63) is 18.0 Å². The summed E-state index contributed by atoms with van der Waals surface area (Å²) in [6.07, 6.45) is 6.17. The Morgan fingerprint density at radius 2 is 2.14 bits per heavy atom. The Balaban J connectivity index is 1.62. The van der Waals surface area contributed by atoms with Crippen molar-refractivity contribution in [3.63, 3.8) is 0 Å².